The number of benzene rings is 3. The van der Waals surface area contributed by atoms with E-state index in [9.17, 15) is 15.3 Å². The Hall–Kier alpha value is -1.89. The number of hydrogen-bond donors (Lipinski definition) is 6. The average Bonchev–Trinajstić information content (AvgIpc) is 3.07. The third-order valence-corrected chi connectivity index (χ3v) is 13.5. The van der Waals surface area contributed by atoms with E-state index in [0.717, 1.165) is 82.7 Å². The Morgan fingerprint density at radius 1 is 0.367 bits per heavy atom. The number of hydrogen-bond acceptors (Lipinski definition) is 6. The molecule has 338 valence electrons. The molecule has 6 heteroatoms. The molecule has 3 N–H and O–H groups in total. The van der Waals surface area contributed by atoms with Gasteiger partial charge in [-0.15, -0.1) is 0 Å². The van der Waals surface area contributed by atoms with Gasteiger partial charge < -0.3 is 15.3 Å². The van der Waals surface area contributed by atoms with Gasteiger partial charge in [-0.2, -0.15) is 37.9 Å². The Labute approximate surface area is 385 Å². The third-order valence-electron chi connectivity index (χ3n) is 12.8. The maximum atomic E-state index is 11.9. The van der Waals surface area contributed by atoms with Gasteiger partial charge in [0, 0.05) is 0 Å². The van der Waals surface area contributed by atoms with Crippen molar-refractivity contribution in [1.29, 1.82) is 0 Å². The molecule has 3 aromatic rings. The van der Waals surface area contributed by atoms with Crippen LogP contribution in [0.2, 0.25) is 0 Å². The Balaban J connectivity index is 2.51. The van der Waals surface area contributed by atoms with Crippen LogP contribution in [0.3, 0.4) is 0 Å². The molecule has 60 heavy (non-hydrogen) atoms. The normalized spacial score (nSPS) is 15.6. The second kappa shape index (κ2) is 19.5. The minimum atomic E-state index is -0.262. The topological polar surface area (TPSA) is 60.7 Å². The van der Waals surface area contributed by atoms with Crippen molar-refractivity contribution in [2.45, 2.75) is 207 Å². The fraction of sp³-hybridized carbons (Fsp3) is 0.667. The van der Waals surface area contributed by atoms with Crippen LogP contribution in [0.4, 0.5) is 0 Å². The molecule has 0 saturated carbocycles. The first-order chi connectivity index (χ1) is 27.2. The molecule has 0 bridgehead atoms. The molecule has 3 aromatic carbocycles. The number of phenolic OH excluding ortho intramolecular Hbond substituents is 3. The highest BCUT2D eigenvalue weighted by molar-refractivity contribution is 7.80. The van der Waals surface area contributed by atoms with Crippen LogP contribution >= 0.6 is 37.9 Å². The summed E-state index contributed by atoms with van der Waals surface area (Å²) >= 11 is 14.8. The van der Waals surface area contributed by atoms with Crippen LogP contribution in [0.15, 0.2) is 36.4 Å². The fourth-order valence-corrected chi connectivity index (χ4v) is 10.1. The van der Waals surface area contributed by atoms with Crippen molar-refractivity contribution in [3.63, 3.8) is 0 Å². The quantitative estimate of drug-likeness (QED) is 0.0915. The monoisotopic (exact) mass is 879 g/mol. The zero-order valence-corrected chi connectivity index (χ0v) is 43.8. The van der Waals surface area contributed by atoms with Gasteiger partial charge in [0.15, 0.2) is 0 Å². The highest BCUT2D eigenvalue weighted by Crippen LogP contribution is 2.50. The standard InChI is InChI=1S/C54H86O3S3/c1-49(2,3)40-27-35(28-41(46(40)55)50(4,5)6)33(19-22-58)25-37(39(21-24-60)38-31-44(53(13,14)15)48(57)45(32-38)54(16,17)18)26-34(20-23-59)36-29-42(51(7,8)9)47(56)43(30-36)52(10,11)12/h27-34,37,39,55-60H,19-26H2,1-18H3. The lowest BCUT2D eigenvalue weighted by molar-refractivity contribution is 0.306. The van der Waals surface area contributed by atoms with Gasteiger partial charge in [0.25, 0.3) is 0 Å². The molecular formula is C54H86O3S3. The summed E-state index contributed by atoms with van der Waals surface area (Å²) < 4.78 is 0. The van der Waals surface area contributed by atoms with Crippen molar-refractivity contribution < 1.29 is 15.3 Å². The third kappa shape index (κ3) is 12.9. The summed E-state index contributed by atoms with van der Waals surface area (Å²) in [5, 5.41) is 35.5. The Bertz CT molecular complexity index is 1700. The maximum absolute atomic E-state index is 11.9. The molecule has 0 aliphatic heterocycles. The predicted molar refractivity (Wildman–Crippen MR) is 273 cm³/mol. The number of aromatic hydroxyl groups is 3. The van der Waals surface area contributed by atoms with Gasteiger partial charge in [-0.3, -0.25) is 0 Å². The van der Waals surface area contributed by atoms with Crippen molar-refractivity contribution in [3.05, 3.63) is 86.5 Å². The summed E-state index contributed by atoms with van der Waals surface area (Å²) in [7, 11) is 0. The lowest BCUT2D eigenvalue weighted by Gasteiger charge is -2.37. The summed E-state index contributed by atoms with van der Waals surface area (Å²) in [6.07, 6.45) is 4.54. The van der Waals surface area contributed by atoms with Crippen LogP contribution in [0, 0.1) is 5.92 Å². The average molecular weight is 879 g/mol. The molecule has 0 fully saturated rings. The first kappa shape index (κ1) is 52.5. The minimum Gasteiger partial charge on any atom is -0.507 e. The van der Waals surface area contributed by atoms with Crippen molar-refractivity contribution >= 4 is 37.9 Å². The van der Waals surface area contributed by atoms with E-state index in [-0.39, 0.29) is 56.2 Å². The predicted octanol–water partition coefficient (Wildman–Crippen LogP) is 15.6. The van der Waals surface area contributed by atoms with Gasteiger partial charge >= 0.3 is 0 Å². The molecule has 0 heterocycles. The highest BCUT2D eigenvalue weighted by atomic mass is 32.1. The van der Waals surface area contributed by atoms with E-state index in [2.05, 4.69) is 161 Å². The van der Waals surface area contributed by atoms with Gasteiger partial charge in [-0.1, -0.05) is 161 Å². The van der Waals surface area contributed by atoms with E-state index < -0.39 is 0 Å². The zero-order chi connectivity index (χ0) is 46.1. The number of thiol groups is 3. The maximum Gasteiger partial charge on any atom is 0.123 e. The molecule has 3 atom stereocenters. The lowest BCUT2D eigenvalue weighted by Crippen LogP contribution is -2.24. The molecule has 0 aliphatic carbocycles. The van der Waals surface area contributed by atoms with Crippen LogP contribution in [0.5, 0.6) is 17.2 Å². The smallest absolute Gasteiger partial charge is 0.123 e. The second-order valence-corrected chi connectivity index (χ2v) is 25.5. The van der Waals surface area contributed by atoms with E-state index in [0.29, 0.717) is 17.2 Å². The van der Waals surface area contributed by atoms with E-state index in [4.69, 9.17) is 37.9 Å². The fourth-order valence-electron chi connectivity index (χ4n) is 9.21. The molecule has 0 aromatic heterocycles. The van der Waals surface area contributed by atoms with E-state index in [1.165, 1.54) is 16.7 Å². The molecule has 3 unspecified atom stereocenters. The highest BCUT2D eigenvalue weighted by Gasteiger charge is 2.36. The van der Waals surface area contributed by atoms with Crippen molar-refractivity contribution in [3.8, 4) is 17.2 Å². The molecule has 3 nitrogen and oxygen atoms in total. The van der Waals surface area contributed by atoms with Crippen LogP contribution < -0.4 is 0 Å². The summed E-state index contributed by atoms with van der Waals surface area (Å²) in [5.74, 6) is 4.18. The van der Waals surface area contributed by atoms with E-state index in [1.807, 2.05) is 0 Å². The Morgan fingerprint density at radius 3 is 0.783 bits per heavy atom. The van der Waals surface area contributed by atoms with Gasteiger partial charge in [0.1, 0.15) is 17.2 Å². The molecule has 0 aliphatic rings. The molecular weight excluding hydrogens is 793 g/mol. The van der Waals surface area contributed by atoms with Crippen molar-refractivity contribution in [1.82, 2.24) is 0 Å². The molecule has 0 amide bonds. The lowest BCUT2D eigenvalue weighted by atomic mass is 9.68. The molecule has 0 spiro atoms. The summed E-state index contributed by atoms with van der Waals surface area (Å²) in [5.41, 5.74) is 8.22. The van der Waals surface area contributed by atoms with Crippen LogP contribution in [-0.4, -0.2) is 32.6 Å². The minimum absolute atomic E-state index is 0.151. The number of phenols is 3. The Morgan fingerprint density at radius 2 is 0.583 bits per heavy atom. The van der Waals surface area contributed by atoms with Gasteiger partial charge in [-0.05, 0) is 156 Å². The summed E-state index contributed by atoms with van der Waals surface area (Å²) in [6.45, 7) is 39.5. The van der Waals surface area contributed by atoms with E-state index >= 15 is 0 Å². The largest absolute Gasteiger partial charge is 0.507 e. The molecule has 0 radical (unpaired) electrons. The first-order valence-electron chi connectivity index (χ1n) is 22.6. The first-order valence-corrected chi connectivity index (χ1v) is 24.5. The number of rotatable bonds is 14. The van der Waals surface area contributed by atoms with Crippen molar-refractivity contribution in [2.75, 3.05) is 17.3 Å². The van der Waals surface area contributed by atoms with Gasteiger partial charge in [0.2, 0.25) is 0 Å². The zero-order valence-electron chi connectivity index (χ0n) is 41.1. The van der Waals surface area contributed by atoms with Crippen LogP contribution in [0.25, 0.3) is 0 Å². The Kier molecular flexibility index (Phi) is 17.0. The van der Waals surface area contributed by atoms with Crippen LogP contribution in [-0.2, 0) is 32.5 Å². The summed E-state index contributed by atoms with van der Waals surface area (Å²) in [6, 6.07) is 13.8. The second-order valence-electron chi connectivity index (χ2n) is 24.2. The van der Waals surface area contributed by atoms with Crippen molar-refractivity contribution in [2.24, 2.45) is 5.92 Å². The molecule has 0 saturated heterocycles. The van der Waals surface area contributed by atoms with Crippen LogP contribution in [0.1, 0.15) is 225 Å². The molecule has 3 rings (SSSR count). The van der Waals surface area contributed by atoms with Gasteiger partial charge in [0.05, 0.1) is 0 Å². The van der Waals surface area contributed by atoms with E-state index in [1.54, 1.807) is 0 Å². The van der Waals surface area contributed by atoms with Gasteiger partial charge in [-0.25, -0.2) is 0 Å². The SMILES string of the molecule is CC(C)(C)c1cc(C(CCS)CC(CC(CCS)c2cc(C(C)(C)C)c(O)c(C(C)(C)C)c2)C(CCS)c2cc(C(C)(C)C)c(O)c(C(C)(C)C)c2)cc(C(C)(C)C)c1O. The summed E-state index contributed by atoms with van der Waals surface area (Å²) in [4.78, 5) is 0.